The molecule has 1 heterocycles. The smallest absolute Gasteiger partial charge is 0.234 e. The first-order chi connectivity index (χ1) is 12.5. The number of aryl methyl sites for hydroxylation is 2. The van der Waals surface area contributed by atoms with Crippen LogP contribution in [0.2, 0.25) is 0 Å². The van der Waals surface area contributed by atoms with E-state index in [1.165, 1.54) is 27.9 Å². The van der Waals surface area contributed by atoms with Crippen LogP contribution in [0.5, 0.6) is 0 Å². The van der Waals surface area contributed by atoms with E-state index in [4.69, 9.17) is 0 Å². The quantitative estimate of drug-likeness (QED) is 0.899. The van der Waals surface area contributed by atoms with Crippen molar-refractivity contribution in [3.05, 3.63) is 64.7 Å². The number of carbonyl (C=O) groups excluding carboxylic acids is 1. The molecule has 1 aliphatic heterocycles. The van der Waals surface area contributed by atoms with E-state index >= 15 is 0 Å². The van der Waals surface area contributed by atoms with Crippen LogP contribution in [0.4, 0.5) is 5.69 Å². The zero-order valence-corrected chi connectivity index (χ0v) is 16.1. The Kier molecular flexibility index (Phi) is 5.94. The Morgan fingerprint density at radius 1 is 0.923 bits per heavy atom. The Labute approximate surface area is 156 Å². The first kappa shape index (κ1) is 18.5. The Hall–Kier alpha value is -2.33. The van der Waals surface area contributed by atoms with E-state index in [0.29, 0.717) is 13.1 Å². The fraction of sp³-hybridized carbons (Fsp3) is 0.409. The Morgan fingerprint density at radius 3 is 2.35 bits per heavy atom. The number of amides is 1. The number of hydrogen-bond acceptors (Lipinski definition) is 3. The fourth-order valence-corrected chi connectivity index (χ4v) is 3.49. The van der Waals surface area contributed by atoms with Crippen molar-refractivity contribution < 1.29 is 4.79 Å². The first-order valence-electron chi connectivity index (χ1n) is 9.39. The SMILES string of the molecule is Cc1ccccc1CNC(=O)CN1CCN(c2cccc(C)c2C)CC1. The van der Waals surface area contributed by atoms with Crippen LogP contribution in [-0.4, -0.2) is 43.5 Å². The lowest BCUT2D eigenvalue weighted by Gasteiger charge is -2.36. The summed E-state index contributed by atoms with van der Waals surface area (Å²) in [6.07, 6.45) is 0. The summed E-state index contributed by atoms with van der Waals surface area (Å²) in [5.41, 5.74) is 6.42. The molecule has 1 fully saturated rings. The summed E-state index contributed by atoms with van der Waals surface area (Å²) in [4.78, 5) is 17.0. The maximum absolute atomic E-state index is 12.3. The van der Waals surface area contributed by atoms with Gasteiger partial charge in [-0.2, -0.15) is 0 Å². The molecule has 2 aromatic rings. The van der Waals surface area contributed by atoms with Crippen LogP contribution in [0.3, 0.4) is 0 Å². The highest BCUT2D eigenvalue weighted by atomic mass is 16.2. The van der Waals surface area contributed by atoms with Gasteiger partial charge in [0.05, 0.1) is 6.54 Å². The van der Waals surface area contributed by atoms with Crippen molar-refractivity contribution in [1.29, 1.82) is 0 Å². The van der Waals surface area contributed by atoms with E-state index < -0.39 is 0 Å². The maximum atomic E-state index is 12.3. The number of anilines is 1. The second kappa shape index (κ2) is 8.37. The molecule has 1 saturated heterocycles. The van der Waals surface area contributed by atoms with Gasteiger partial charge in [-0.15, -0.1) is 0 Å². The van der Waals surface area contributed by atoms with Crippen molar-refractivity contribution in [2.24, 2.45) is 0 Å². The van der Waals surface area contributed by atoms with Crippen molar-refractivity contribution in [3.8, 4) is 0 Å². The van der Waals surface area contributed by atoms with Crippen LogP contribution >= 0.6 is 0 Å². The minimum Gasteiger partial charge on any atom is -0.369 e. The van der Waals surface area contributed by atoms with Gasteiger partial charge in [0.15, 0.2) is 0 Å². The van der Waals surface area contributed by atoms with E-state index in [1.807, 2.05) is 12.1 Å². The van der Waals surface area contributed by atoms with E-state index in [1.54, 1.807) is 0 Å². The Morgan fingerprint density at radius 2 is 1.62 bits per heavy atom. The normalized spacial score (nSPS) is 15.1. The number of nitrogens with one attached hydrogen (secondary N) is 1. The molecule has 0 atom stereocenters. The predicted octanol–water partition coefficient (Wildman–Crippen LogP) is 3.05. The molecule has 0 aliphatic carbocycles. The number of piperazine rings is 1. The Bertz CT molecular complexity index is 764. The highest BCUT2D eigenvalue weighted by molar-refractivity contribution is 5.78. The van der Waals surface area contributed by atoms with Crippen LogP contribution < -0.4 is 10.2 Å². The molecule has 1 amide bonds. The summed E-state index contributed by atoms with van der Waals surface area (Å²) in [5.74, 6) is 0.105. The summed E-state index contributed by atoms with van der Waals surface area (Å²) in [6.45, 7) is 11.3. The standard InChI is InChI=1S/C22H29N3O/c1-17-8-6-10-21(19(17)3)25-13-11-24(12-14-25)16-22(26)23-15-20-9-5-4-7-18(20)2/h4-10H,11-16H2,1-3H3,(H,23,26). The summed E-state index contributed by atoms with van der Waals surface area (Å²) in [6, 6.07) is 14.7. The number of hydrogen-bond donors (Lipinski definition) is 1. The summed E-state index contributed by atoms with van der Waals surface area (Å²) in [5, 5.41) is 3.05. The Balaban J connectivity index is 1.47. The lowest BCUT2D eigenvalue weighted by molar-refractivity contribution is -0.122. The maximum Gasteiger partial charge on any atom is 0.234 e. The van der Waals surface area contributed by atoms with Crippen molar-refractivity contribution in [2.75, 3.05) is 37.6 Å². The second-order valence-electron chi connectivity index (χ2n) is 7.19. The molecule has 0 radical (unpaired) electrons. The largest absolute Gasteiger partial charge is 0.369 e. The van der Waals surface area contributed by atoms with Gasteiger partial charge >= 0.3 is 0 Å². The number of carbonyl (C=O) groups is 1. The summed E-state index contributed by atoms with van der Waals surface area (Å²) < 4.78 is 0. The van der Waals surface area contributed by atoms with Crippen molar-refractivity contribution in [1.82, 2.24) is 10.2 Å². The minimum atomic E-state index is 0.105. The van der Waals surface area contributed by atoms with Gasteiger partial charge in [-0.05, 0) is 49.1 Å². The van der Waals surface area contributed by atoms with Crippen LogP contribution in [0.25, 0.3) is 0 Å². The van der Waals surface area contributed by atoms with E-state index in [9.17, 15) is 4.79 Å². The van der Waals surface area contributed by atoms with E-state index in [2.05, 4.69) is 66.2 Å². The van der Waals surface area contributed by atoms with Crippen molar-refractivity contribution in [3.63, 3.8) is 0 Å². The summed E-state index contributed by atoms with van der Waals surface area (Å²) in [7, 11) is 0. The highest BCUT2D eigenvalue weighted by Crippen LogP contribution is 2.23. The third-order valence-corrected chi connectivity index (χ3v) is 5.39. The molecular formula is C22H29N3O. The molecule has 1 aliphatic rings. The lowest BCUT2D eigenvalue weighted by Crippen LogP contribution is -2.49. The van der Waals surface area contributed by atoms with Crippen LogP contribution in [-0.2, 0) is 11.3 Å². The van der Waals surface area contributed by atoms with Gasteiger partial charge in [0.1, 0.15) is 0 Å². The molecule has 0 saturated carbocycles. The molecule has 2 aromatic carbocycles. The monoisotopic (exact) mass is 351 g/mol. The van der Waals surface area contributed by atoms with Gasteiger partial charge in [0, 0.05) is 38.4 Å². The van der Waals surface area contributed by atoms with Crippen LogP contribution in [0, 0.1) is 20.8 Å². The van der Waals surface area contributed by atoms with Crippen molar-refractivity contribution in [2.45, 2.75) is 27.3 Å². The van der Waals surface area contributed by atoms with Crippen molar-refractivity contribution >= 4 is 11.6 Å². The van der Waals surface area contributed by atoms with Crippen LogP contribution in [0.15, 0.2) is 42.5 Å². The number of rotatable bonds is 5. The molecular weight excluding hydrogens is 322 g/mol. The van der Waals surface area contributed by atoms with Crippen LogP contribution in [0.1, 0.15) is 22.3 Å². The third kappa shape index (κ3) is 4.44. The number of benzene rings is 2. The zero-order chi connectivity index (χ0) is 18.5. The van der Waals surface area contributed by atoms with Gasteiger partial charge in [-0.1, -0.05) is 36.4 Å². The highest BCUT2D eigenvalue weighted by Gasteiger charge is 2.20. The minimum absolute atomic E-state index is 0.105. The molecule has 0 spiro atoms. The second-order valence-corrected chi connectivity index (χ2v) is 7.19. The average molecular weight is 351 g/mol. The topological polar surface area (TPSA) is 35.6 Å². The average Bonchev–Trinajstić information content (AvgIpc) is 2.64. The molecule has 0 unspecified atom stereocenters. The molecule has 1 N–H and O–H groups in total. The molecule has 0 aromatic heterocycles. The molecule has 138 valence electrons. The van der Waals surface area contributed by atoms with E-state index in [0.717, 1.165) is 26.2 Å². The molecule has 3 rings (SSSR count). The third-order valence-electron chi connectivity index (χ3n) is 5.39. The van der Waals surface area contributed by atoms with Gasteiger partial charge in [0.2, 0.25) is 5.91 Å². The van der Waals surface area contributed by atoms with E-state index in [-0.39, 0.29) is 5.91 Å². The van der Waals surface area contributed by atoms with Gasteiger partial charge in [0.25, 0.3) is 0 Å². The molecule has 0 bridgehead atoms. The molecule has 26 heavy (non-hydrogen) atoms. The van der Waals surface area contributed by atoms with Gasteiger partial charge in [-0.3, -0.25) is 9.69 Å². The van der Waals surface area contributed by atoms with Gasteiger partial charge in [-0.25, -0.2) is 0 Å². The first-order valence-corrected chi connectivity index (χ1v) is 9.39. The summed E-state index contributed by atoms with van der Waals surface area (Å²) >= 11 is 0. The fourth-order valence-electron chi connectivity index (χ4n) is 3.49. The molecule has 4 heteroatoms. The number of nitrogens with zero attached hydrogens (tertiary/aromatic N) is 2. The predicted molar refractivity (Wildman–Crippen MR) is 108 cm³/mol. The lowest BCUT2D eigenvalue weighted by atomic mass is 10.1. The van der Waals surface area contributed by atoms with Gasteiger partial charge < -0.3 is 10.2 Å². The zero-order valence-electron chi connectivity index (χ0n) is 16.1. The molecule has 4 nitrogen and oxygen atoms in total.